The highest BCUT2D eigenvalue weighted by Crippen LogP contribution is 2.35. The molecule has 0 heterocycles. The van der Waals surface area contributed by atoms with Gasteiger partial charge in [-0.3, -0.25) is 0 Å². The smallest absolute Gasteiger partial charge is 0.146 e. The molecule has 0 spiro atoms. The summed E-state index contributed by atoms with van der Waals surface area (Å²) in [5, 5.41) is 3.84. The molecule has 1 atom stereocenters. The number of hydrogen-bond acceptors (Lipinski definition) is 2. The molecule has 106 valence electrons. The van der Waals surface area contributed by atoms with Gasteiger partial charge in [0.05, 0.1) is 5.02 Å². The van der Waals surface area contributed by atoms with E-state index in [4.69, 9.17) is 16.3 Å². The Morgan fingerprint density at radius 2 is 1.90 bits per heavy atom. The second-order valence-electron chi connectivity index (χ2n) is 4.73. The molecule has 20 heavy (non-hydrogen) atoms. The highest BCUT2D eigenvalue weighted by atomic mass is 79.9. The molecule has 0 aliphatic rings. The Bertz CT molecular complexity index is 615. The van der Waals surface area contributed by atoms with Crippen molar-refractivity contribution in [1.29, 1.82) is 0 Å². The fourth-order valence-electron chi connectivity index (χ4n) is 1.92. The summed E-state index contributed by atoms with van der Waals surface area (Å²) in [7, 11) is 1.93. The lowest BCUT2D eigenvalue weighted by molar-refractivity contribution is 0.466. The number of ether oxygens (including phenoxy) is 1. The van der Waals surface area contributed by atoms with Gasteiger partial charge in [0.15, 0.2) is 0 Å². The molecule has 2 nitrogen and oxygen atoms in total. The van der Waals surface area contributed by atoms with Crippen molar-refractivity contribution >= 4 is 27.5 Å². The molecule has 1 N–H and O–H groups in total. The number of aryl methyl sites for hydroxylation is 1. The van der Waals surface area contributed by atoms with E-state index in [9.17, 15) is 0 Å². The average molecular weight is 355 g/mol. The van der Waals surface area contributed by atoms with Gasteiger partial charge in [-0.05, 0) is 50.7 Å². The van der Waals surface area contributed by atoms with Crippen molar-refractivity contribution in [2.24, 2.45) is 0 Å². The van der Waals surface area contributed by atoms with Crippen molar-refractivity contribution in [3.63, 3.8) is 0 Å². The van der Waals surface area contributed by atoms with E-state index >= 15 is 0 Å². The van der Waals surface area contributed by atoms with E-state index in [2.05, 4.69) is 28.2 Å². The molecule has 0 saturated heterocycles. The van der Waals surface area contributed by atoms with Crippen molar-refractivity contribution < 1.29 is 4.74 Å². The monoisotopic (exact) mass is 353 g/mol. The summed E-state index contributed by atoms with van der Waals surface area (Å²) in [4.78, 5) is 0. The lowest BCUT2D eigenvalue weighted by atomic mass is 10.1. The zero-order chi connectivity index (χ0) is 14.7. The van der Waals surface area contributed by atoms with Crippen LogP contribution in [-0.2, 0) is 0 Å². The van der Waals surface area contributed by atoms with Gasteiger partial charge in [0.2, 0.25) is 0 Å². The summed E-state index contributed by atoms with van der Waals surface area (Å²) >= 11 is 9.71. The largest absolute Gasteiger partial charge is 0.455 e. The number of hydrogen-bond donors (Lipinski definition) is 1. The Labute approximate surface area is 133 Å². The predicted molar refractivity (Wildman–Crippen MR) is 87.9 cm³/mol. The van der Waals surface area contributed by atoms with Crippen molar-refractivity contribution in [1.82, 2.24) is 5.32 Å². The van der Waals surface area contributed by atoms with E-state index in [1.54, 1.807) is 0 Å². The highest BCUT2D eigenvalue weighted by molar-refractivity contribution is 9.10. The number of nitrogens with one attached hydrogen (secondary N) is 1. The summed E-state index contributed by atoms with van der Waals surface area (Å²) < 4.78 is 6.97. The van der Waals surface area contributed by atoms with Crippen LogP contribution in [0.25, 0.3) is 0 Å². The van der Waals surface area contributed by atoms with Crippen LogP contribution in [0.1, 0.15) is 24.1 Å². The number of rotatable bonds is 4. The minimum atomic E-state index is 0.197. The lowest BCUT2D eigenvalue weighted by Crippen LogP contribution is -2.13. The Hall–Kier alpha value is -1.03. The second-order valence-corrected chi connectivity index (χ2v) is 6.05. The first-order valence-electron chi connectivity index (χ1n) is 6.42. The summed E-state index contributed by atoms with van der Waals surface area (Å²) in [6, 6.07) is 12.0. The maximum atomic E-state index is 6.23. The SMILES string of the molecule is CNC(C)c1ccc(Br)cc1Oc1ccc(C)cc1Cl. The third-order valence-corrected chi connectivity index (χ3v) is 3.97. The third-order valence-electron chi connectivity index (χ3n) is 3.18. The van der Waals surface area contributed by atoms with Gasteiger partial charge in [-0.2, -0.15) is 0 Å². The molecule has 2 aromatic rings. The molecule has 0 bridgehead atoms. The molecule has 0 aliphatic heterocycles. The van der Waals surface area contributed by atoms with Gasteiger partial charge in [-0.1, -0.05) is 39.7 Å². The zero-order valence-electron chi connectivity index (χ0n) is 11.7. The second kappa shape index (κ2) is 6.61. The van der Waals surface area contributed by atoms with Crippen LogP contribution < -0.4 is 10.1 Å². The summed E-state index contributed by atoms with van der Waals surface area (Å²) in [6.45, 7) is 4.09. The summed E-state index contributed by atoms with van der Waals surface area (Å²) in [6.07, 6.45) is 0. The molecule has 0 saturated carbocycles. The van der Waals surface area contributed by atoms with Crippen LogP contribution in [0, 0.1) is 6.92 Å². The molecule has 0 radical (unpaired) electrons. The molecule has 0 aromatic heterocycles. The number of halogens is 2. The maximum absolute atomic E-state index is 6.23. The normalized spacial score (nSPS) is 12.2. The Morgan fingerprint density at radius 3 is 2.55 bits per heavy atom. The lowest BCUT2D eigenvalue weighted by Gasteiger charge is -2.17. The van der Waals surface area contributed by atoms with E-state index in [-0.39, 0.29) is 6.04 Å². The zero-order valence-corrected chi connectivity index (χ0v) is 14.0. The highest BCUT2D eigenvalue weighted by Gasteiger charge is 2.13. The van der Waals surface area contributed by atoms with Crippen LogP contribution in [0.15, 0.2) is 40.9 Å². The topological polar surface area (TPSA) is 21.3 Å². The minimum absolute atomic E-state index is 0.197. The van der Waals surface area contributed by atoms with Crippen molar-refractivity contribution in [2.75, 3.05) is 7.05 Å². The first-order chi connectivity index (χ1) is 9.51. The van der Waals surface area contributed by atoms with Crippen LogP contribution in [0.3, 0.4) is 0 Å². The van der Waals surface area contributed by atoms with Gasteiger partial charge >= 0.3 is 0 Å². The maximum Gasteiger partial charge on any atom is 0.146 e. The number of benzene rings is 2. The van der Waals surface area contributed by atoms with Crippen LogP contribution in [0.2, 0.25) is 5.02 Å². The van der Waals surface area contributed by atoms with E-state index in [0.717, 1.165) is 21.3 Å². The Balaban J connectivity index is 2.39. The Morgan fingerprint density at radius 1 is 1.15 bits per heavy atom. The van der Waals surface area contributed by atoms with Crippen LogP contribution >= 0.6 is 27.5 Å². The molecule has 1 unspecified atom stereocenters. The first-order valence-corrected chi connectivity index (χ1v) is 7.59. The quantitative estimate of drug-likeness (QED) is 0.784. The van der Waals surface area contributed by atoms with Crippen molar-refractivity contribution in [3.8, 4) is 11.5 Å². The van der Waals surface area contributed by atoms with Gasteiger partial charge in [0.1, 0.15) is 11.5 Å². The van der Waals surface area contributed by atoms with Gasteiger partial charge in [0, 0.05) is 16.1 Å². The third kappa shape index (κ3) is 3.54. The van der Waals surface area contributed by atoms with Crippen LogP contribution in [-0.4, -0.2) is 7.05 Å². The molecule has 2 rings (SSSR count). The van der Waals surface area contributed by atoms with Gasteiger partial charge < -0.3 is 10.1 Å². The van der Waals surface area contributed by atoms with Gasteiger partial charge in [0.25, 0.3) is 0 Å². The molecular weight excluding hydrogens is 338 g/mol. The molecule has 0 fully saturated rings. The predicted octanol–water partition coefficient (Wildman–Crippen LogP) is 5.48. The van der Waals surface area contributed by atoms with Crippen molar-refractivity contribution in [2.45, 2.75) is 19.9 Å². The Kier molecular flexibility index (Phi) is 5.08. The van der Waals surface area contributed by atoms with E-state index in [1.807, 2.05) is 50.4 Å². The molecule has 4 heteroatoms. The van der Waals surface area contributed by atoms with Crippen molar-refractivity contribution in [3.05, 3.63) is 57.0 Å². The molecular formula is C16H17BrClNO. The molecule has 0 amide bonds. The minimum Gasteiger partial charge on any atom is -0.455 e. The summed E-state index contributed by atoms with van der Waals surface area (Å²) in [5.74, 6) is 1.46. The average Bonchev–Trinajstić information content (AvgIpc) is 2.41. The molecule has 2 aromatic carbocycles. The van der Waals surface area contributed by atoms with E-state index < -0.39 is 0 Å². The van der Waals surface area contributed by atoms with E-state index in [0.29, 0.717) is 10.8 Å². The van der Waals surface area contributed by atoms with Crippen LogP contribution in [0.4, 0.5) is 0 Å². The summed E-state index contributed by atoms with van der Waals surface area (Å²) in [5.41, 5.74) is 2.20. The fourth-order valence-corrected chi connectivity index (χ4v) is 2.53. The standard InChI is InChI=1S/C16H17BrClNO/c1-10-4-7-15(14(18)8-10)20-16-9-12(17)5-6-13(16)11(2)19-3/h4-9,11,19H,1-3H3. The van der Waals surface area contributed by atoms with Gasteiger partial charge in [-0.15, -0.1) is 0 Å². The first kappa shape index (κ1) is 15.4. The van der Waals surface area contributed by atoms with E-state index in [1.165, 1.54) is 0 Å². The van der Waals surface area contributed by atoms with Crippen LogP contribution in [0.5, 0.6) is 11.5 Å². The fraction of sp³-hybridized carbons (Fsp3) is 0.250. The van der Waals surface area contributed by atoms with Gasteiger partial charge in [-0.25, -0.2) is 0 Å². The molecule has 0 aliphatic carbocycles.